The van der Waals surface area contributed by atoms with Crippen molar-refractivity contribution >= 4 is 11.6 Å². The Morgan fingerprint density at radius 1 is 1.17 bits per heavy atom. The second-order valence-corrected chi connectivity index (χ2v) is 6.45. The van der Waals surface area contributed by atoms with E-state index in [1.165, 1.54) is 31.4 Å². The second kappa shape index (κ2) is 8.92. The van der Waals surface area contributed by atoms with Gasteiger partial charge in [0.15, 0.2) is 0 Å². The Bertz CT molecular complexity index is 482. The van der Waals surface area contributed by atoms with Gasteiger partial charge in [-0.2, -0.15) is 0 Å². The fourth-order valence-corrected chi connectivity index (χ4v) is 2.79. The van der Waals surface area contributed by atoms with Crippen molar-refractivity contribution in [3.8, 4) is 0 Å². The minimum Gasteiger partial charge on any atom is -0.372 e. The van der Waals surface area contributed by atoms with Gasteiger partial charge in [0.25, 0.3) is 5.91 Å². The first-order valence-corrected chi connectivity index (χ1v) is 8.99. The number of benzene rings is 1. The van der Waals surface area contributed by atoms with Crippen molar-refractivity contribution in [1.29, 1.82) is 0 Å². The topological polar surface area (TPSA) is 35.6 Å². The van der Waals surface area contributed by atoms with Crippen molar-refractivity contribution in [3.05, 3.63) is 29.8 Å². The maximum Gasteiger partial charge on any atom is 0.251 e. The standard InChI is InChI=1S/C19H31N3O/c1-4-6-14-22(5-2)18-9-7-16(8-10-18)19(23)20-13-15-21(3)17-11-12-17/h7-10,17H,4-6,11-15H2,1-3H3,(H,20,23). The van der Waals surface area contributed by atoms with E-state index in [9.17, 15) is 4.79 Å². The minimum absolute atomic E-state index is 0.0253. The maximum absolute atomic E-state index is 12.2. The average molecular weight is 317 g/mol. The summed E-state index contributed by atoms with van der Waals surface area (Å²) in [6, 6.07) is 8.73. The number of amides is 1. The highest BCUT2D eigenvalue weighted by Crippen LogP contribution is 2.24. The molecule has 4 nitrogen and oxygen atoms in total. The lowest BCUT2D eigenvalue weighted by molar-refractivity contribution is 0.0949. The highest BCUT2D eigenvalue weighted by atomic mass is 16.1. The van der Waals surface area contributed by atoms with E-state index in [0.717, 1.165) is 31.2 Å². The monoisotopic (exact) mass is 317 g/mol. The lowest BCUT2D eigenvalue weighted by atomic mass is 10.1. The number of hydrogen-bond donors (Lipinski definition) is 1. The number of hydrogen-bond acceptors (Lipinski definition) is 3. The Balaban J connectivity index is 1.81. The number of rotatable bonds is 10. The van der Waals surface area contributed by atoms with Gasteiger partial charge in [0.2, 0.25) is 0 Å². The first kappa shape index (κ1) is 17.8. The summed E-state index contributed by atoms with van der Waals surface area (Å²) in [4.78, 5) is 16.9. The van der Waals surface area contributed by atoms with Crippen molar-refractivity contribution in [2.24, 2.45) is 0 Å². The summed E-state index contributed by atoms with van der Waals surface area (Å²) in [5.74, 6) is 0.0253. The maximum atomic E-state index is 12.2. The molecule has 128 valence electrons. The molecule has 0 saturated heterocycles. The van der Waals surface area contributed by atoms with E-state index in [0.29, 0.717) is 6.54 Å². The van der Waals surface area contributed by atoms with Crippen LogP contribution in [0.15, 0.2) is 24.3 Å². The van der Waals surface area contributed by atoms with Gasteiger partial charge in [-0.15, -0.1) is 0 Å². The van der Waals surface area contributed by atoms with Gasteiger partial charge < -0.3 is 15.1 Å². The summed E-state index contributed by atoms with van der Waals surface area (Å²) in [6.45, 7) is 8.10. The minimum atomic E-state index is 0.0253. The van der Waals surface area contributed by atoms with Gasteiger partial charge in [0.1, 0.15) is 0 Å². The molecule has 0 unspecified atom stereocenters. The quantitative estimate of drug-likeness (QED) is 0.720. The van der Waals surface area contributed by atoms with E-state index in [4.69, 9.17) is 0 Å². The Morgan fingerprint density at radius 2 is 1.87 bits per heavy atom. The molecule has 1 aromatic rings. The Morgan fingerprint density at radius 3 is 2.43 bits per heavy atom. The van der Waals surface area contributed by atoms with E-state index in [-0.39, 0.29) is 5.91 Å². The van der Waals surface area contributed by atoms with E-state index in [1.54, 1.807) is 0 Å². The average Bonchev–Trinajstić information content (AvgIpc) is 3.41. The fourth-order valence-electron chi connectivity index (χ4n) is 2.79. The van der Waals surface area contributed by atoms with Crippen LogP contribution in [0.1, 0.15) is 49.9 Å². The molecule has 0 aliphatic heterocycles. The summed E-state index contributed by atoms with van der Waals surface area (Å²) in [5.41, 5.74) is 1.94. The van der Waals surface area contributed by atoms with E-state index in [2.05, 4.69) is 48.1 Å². The molecule has 1 saturated carbocycles. The molecule has 1 amide bonds. The molecule has 0 heterocycles. The third-order valence-corrected chi connectivity index (χ3v) is 4.58. The van der Waals surface area contributed by atoms with E-state index >= 15 is 0 Å². The number of nitrogens with zero attached hydrogens (tertiary/aromatic N) is 2. The number of anilines is 1. The highest BCUT2D eigenvalue weighted by molar-refractivity contribution is 5.94. The molecule has 2 rings (SSSR count). The molecule has 1 aliphatic carbocycles. The molecule has 23 heavy (non-hydrogen) atoms. The number of nitrogens with one attached hydrogen (secondary N) is 1. The number of likely N-dealkylation sites (N-methyl/N-ethyl adjacent to an activating group) is 1. The summed E-state index contributed by atoms with van der Waals surface area (Å²) in [7, 11) is 2.13. The third-order valence-electron chi connectivity index (χ3n) is 4.58. The summed E-state index contributed by atoms with van der Waals surface area (Å²) in [6.07, 6.45) is 5.01. The van der Waals surface area contributed by atoms with Crippen LogP contribution in [0.5, 0.6) is 0 Å². The molecule has 1 fully saturated rings. The van der Waals surface area contributed by atoms with Crippen LogP contribution in [0, 0.1) is 0 Å². The van der Waals surface area contributed by atoms with Crippen LogP contribution in [-0.2, 0) is 0 Å². The predicted molar refractivity (Wildman–Crippen MR) is 97.2 cm³/mol. The van der Waals surface area contributed by atoms with Gasteiger partial charge in [0, 0.05) is 43.5 Å². The molecule has 0 spiro atoms. The molecule has 0 radical (unpaired) electrons. The van der Waals surface area contributed by atoms with Crippen molar-refractivity contribution in [3.63, 3.8) is 0 Å². The Hall–Kier alpha value is -1.55. The fraction of sp³-hybridized carbons (Fsp3) is 0.632. The van der Waals surface area contributed by atoms with Gasteiger partial charge in [0.05, 0.1) is 0 Å². The van der Waals surface area contributed by atoms with Gasteiger partial charge >= 0.3 is 0 Å². The normalized spacial score (nSPS) is 14.1. The molecule has 0 aromatic heterocycles. The van der Waals surface area contributed by atoms with Crippen molar-refractivity contribution in [2.75, 3.05) is 38.1 Å². The lowest BCUT2D eigenvalue weighted by Crippen LogP contribution is -2.34. The molecule has 1 N–H and O–H groups in total. The number of unbranched alkanes of at least 4 members (excludes halogenated alkanes) is 1. The van der Waals surface area contributed by atoms with Gasteiger partial charge in [-0.1, -0.05) is 13.3 Å². The van der Waals surface area contributed by atoms with Gasteiger partial charge in [-0.25, -0.2) is 0 Å². The largest absolute Gasteiger partial charge is 0.372 e. The van der Waals surface area contributed by atoms with Crippen LogP contribution in [0.3, 0.4) is 0 Å². The molecule has 4 heteroatoms. The predicted octanol–water partition coefficient (Wildman–Crippen LogP) is 3.14. The Kier molecular flexibility index (Phi) is 6.90. The van der Waals surface area contributed by atoms with Gasteiger partial charge in [-0.3, -0.25) is 4.79 Å². The zero-order chi connectivity index (χ0) is 16.7. The number of carbonyl (C=O) groups excluding carboxylic acids is 1. The highest BCUT2D eigenvalue weighted by Gasteiger charge is 2.25. The van der Waals surface area contributed by atoms with Crippen LogP contribution < -0.4 is 10.2 Å². The molecule has 0 bridgehead atoms. The van der Waals surface area contributed by atoms with Crippen molar-refractivity contribution in [2.45, 2.75) is 45.6 Å². The van der Waals surface area contributed by atoms with Crippen molar-refractivity contribution < 1.29 is 4.79 Å². The molecule has 1 aromatic carbocycles. The summed E-state index contributed by atoms with van der Waals surface area (Å²) >= 11 is 0. The second-order valence-electron chi connectivity index (χ2n) is 6.45. The van der Waals surface area contributed by atoms with E-state index in [1.807, 2.05) is 12.1 Å². The SMILES string of the molecule is CCCCN(CC)c1ccc(C(=O)NCCN(C)C2CC2)cc1. The first-order valence-electron chi connectivity index (χ1n) is 8.99. The zero-order valence-corrected chi connectivity index (χ0v) is 14.8. The zero-order valence-electron chi connectivity index (χ0n) is 14.8. The van der Waals surface area contributed by atoms with Crippen LogP contribution in [0.25, 0.3) is 0 Å². The third kappa shape index (κ3) is 5.54. The lowest BCUT2D eigenvalue weighted by Gasteiger charge is -2.23. The molecular formula is C19H31N3O. The Labute approximate surface area is 140 Å². The molecular weight excluding hydrogens is 286 g/mol. The smallest absolute Gasteiger partial charge is 0.251 e. The molecule has 0 atom stereocenters. The van der Waals surface area contributed by atoms with Crippen LogP contribution in [0.2, 0.25) is 0 Å². The number of carbonyl (C=O) groups is 1. The molecule has 1 aliphatic rings. The van der Waals surface area contributed by atoms with Crippen LogP contribution in [0.4, 0.5) is 5.69 Å². The first-order chi connectivity index (χ1) is 11.2. The summed E-state index contributed by atoms with van der Waals surface area (Å²) < 4.78 is 0. The van der Waals surface area contributed by atoms with Gasteiger partial charge in [-0.05, 0) is 57.5 Å². The summed E-state index contributed by atoms with van der Waals surface area (Å²) in [5, 5.41) is 3.02. The van der Waals surface area contributed by atoms with Crippen LogP contribution >= 0.6 is 0 Å². The van der Waals surface area contributed by atoms with Crippen molar-refractivity contribution in [1.82, 2.24) is 10.2 Å². The van der Waals surface area contributed by atoms with Crippen LogP contribution in [-0.4, -0.2) is 50.1 Å². The van der Waals surface area contributed by atoms with E-state index < -0.39 is 0 Å².